The Bertz CT molecular complexity index is 1260. The summed E-state index contributed by atoms with van der Waals surface area (Å²) >= 11 is 0. The van der Waals surface area contributed by atoms with E-state index < -0.39 is 0 Å². The van der Waals surface area contributed by atoms with Crippen molar-refractivity contribution < 1.29 is 0 Å². The number of aromatic nitrogens is 4. The SMILES string of the molecule is CN(c1cc(NCc2ccc(-c3ccccn3)cc2)n2ncc(C3CC3)c2n1)C1CCNCC1. The Kier molecular flexibility index (Phi) is 5.63. The lowest BCUT2D eigenvalue weighted by molar-refractivity contribution is 0.442. The van der Waals surface area contributed by atoms with Gasteiger partial charge in [0.1, 0.15) is 11.6 Å². The maximum Gasteiger partial charge on any atom is 0.163 e. The highest BCUT2D eigenvalue weighted by molar-refractivity contribution is 5.63. The van der Waals surface area contributed by atoms with Crippen molar-refractivity contribution in [3.05, 3.63) is 72.1 Å². The lowest BCUT2D eigenvalue weighted by Gasteiger charge is -2.32. The molecule has 0 amide bonds. The van der Waals surface area contributed by atoms with Gasteiger partial charge < -0.3 is 15.5 Å². The topological polar surface area (TPSA) is 70.4 Å². The number of anilines is 2. The molecule has 1 aliphatic carbocycles. The molecular weight excluding hydrogens is 422 g/mol. The third-order valence-electron chi connectivity index (χ3n) is 7.11. The van der Waals surface area contributed by atoms with Gasteiger partial charge in [0.25, 0.3) is 0 Å². The molecule has 2 aliphatic rings. The standard InChI is InChI=1S/C27H31N7/c1-33(22-11-14-28-15-12-22)26-16-25(34-27(32-26)23(18-31-34)20-9-10-20)30-17-19-5-7-21(8-6-19)24-4-2-3-13-29-24/h2-8,13,16,18,20,22,28,30H,9-12,14-15,17H2,1H3. The molecule has 1 aliphatic heterocycles. The van der Waals surface area contributed by atoms with Gasteiger partial charge in [0.05, 0.1) is 11.9 Å². The molecule has 1 saturated heterocycles. The fraction of sp³-hybridized carbons (Fsp3) is 0.370. The van der Waals surface area contributed by atoms with E-state index in [4.69, 9.17) is 10.1 Å². The van der Waals surface area contributed by atoms with Crippen LogP contribution in [0.5, 0.6) is 0 Å². The average Bonchev–Trinajstić information content (AvgIpc) is 3.66. The van der Waals surface area contributed by atoms with Gasteiger partial charge >= 0.3 is 0 Å². The molecule has 3 aromatic heterocycles. The van der Waals surface area contributed by atoms with E-state index in [1.807, 2.05) is 35.1 Å². The Labute approximate surface area is 200 Å². The third kappa shape index (κ3) is 4.23. The van der Waals surface area contributed by atoms with Crippen LogP contribution in [-0.4, -0.2) is 45.8 Å². The van der Waals surface area contributed by atoms with E-state index in [1.54, 1.807) is 0 Å². The number of piperidine rings is 1. The zero-order chi connectivity index (χ0) is 22.9. The second-order valence-corrected chi connectivity index (χ2v) is 9.47. The summed E-state index contributed by atoms with van der Waals surface area (Å²) in [5.74, 6) is 2.62. The van der Waals surface area contributed by atoms with Gasteiger partial charge in [-0.15, -0.1) is 0 Å². The summed E-state index contributed by atoms with van der Waals surface area (Å²) in [6.07, 6.45) is 8.61. The first-order chi connectivity index (χ1) is 16.8. The minimum absolute atomic E-state index is 0.510. The summed E-state index contributed by atoms with van der Waals surface area (Å²) in [4.78, 5) is 11.9. The lowest BCUT2D eigenvalue weighted by Crippen LogP contribution is -2.41. The minimum atomic E-state index is 0.510. The largest absolute Gasteiger partial charge is 0.366 e. The first-order valence-electron chi connectivity index (χ1n) is 12.3. The van der Waals surface area contributed by atoms with Crippen LogP contribution < -0.4 is 15.5 Å². The molecule has 174 valence electrons. The molecule has 1 aromatic carbocycles. The molecule has 1 saturated carbocycles. The van der Waals surface area contributed by atoms with Crippen molar-refractivity contribution in [1.29, 1.82) is 0 Å². The van der Waals surface area contributed by atoms with Crippen LogP contribution in [0.4, 0.5) is 11.6 Å². The Hall–Kier alpha value is -3.45. The molecule has 0 atom stereocenters. The highest BCUT2D eigenvalue weighted by Gasteiger charge is 2.29. The third-order valence-corrected chi connectivity index (χ3v) is 7.11. The van der Waals surface area contributed by atoms with Crippen LogP contribution in [0.2, 0.25) is 0 Å². The normalized spacial score (nSPS) is 16.6. The maximum absolute atomic E-state index is 5.09. The predicted octanol–water partition coefficient (Wildman–Crippen LogP) is 4.47. The van der Waals surface area contributed by atoms with Crippen LogP contribution in [0.15, 0.2) is 60.9 Å². The van der Waals surface area contributed by atoms with E-state index in [1.165, 1.54) is 24.0 Å². The number of hydrogen-bond acceptors (Lipinski definition) is 6. The summed E-state index contributed by atoms with van der Waals surface area (Å²) in [5.41, 5.74) is 5.61. The van der Waals surface area contributed by atoms with Crippen molar-refractivity contribution in [3.8, 4) is 11.3 Å². The van der Waals surface area contributed by atoms with Gasteiger partial charge in [-0.2, -0.15) is 9.61 Å². The van der Waals surface area contributed by atoms with E-state index in [0.717, 1.165) is 61.0 Å². The van der Waals surface area contributed by atoms with Crippen LogP contribution in [0.25, 0.3) is 16.9 Å². The number of rotatable bonds is 7. The first-order valence-corrected chi connectivity index (χ1v) is 12.3. The van der Waals surface area contributed by atoms with Crippen molar-refractivity contribution in [2.24, 2.45) is 0 Å². The number of pyridine rings is 1. The Balaban J connectivity index is 1.27. The fourth-order valence-electron chi connectivity index (χ4n) is 4.86. The highest BCUT2D eigenvalue weighted by atomic mass is 15.3. The number of nitrogens with one attached hydrogen (secondary N) is 2. The van der Waals surface area contributed by atoms with Gasteiger partial charge in [0.15, 0.2) is 5.65 Å². The van der Waals surface area contributed by atoms with Crippen molar-refractivity contribution >= 4 is 17.3 Å². The van der Waals surface area contributed by atoms with Gasteiger partial charge in [-0.25, -0.2) is 4.98 Å². The van der Waals surface area contributed by atoms with Gasteiger partial charge in [-0.1, -0.05) is 30.3 Å². The van der Waals surface area contributed by atoms with E-state index in [2.05, 4.69) is 57.9 Å². The van der Waals surface area contributed by atoms with Gasteiger partial charge in [-0.05, 0) is 62.4 Å². The van der Waals surface area contributed by atoms with Crippen LogP contribution >= 0.6 is 0 Å². The molecule has 2 N–H and O–H groups in total. The average molecular weight is 454 g/mol. The Morgan fingerprint density at radius 2 is 1.88 bits per heavy atom. The first kappa shape index (κ1) is 21.1. The van der Waals surface area contributed by atoms with Crippen LogP contribution in [0.3, 0.4) is 0 Å². The van der Waals surface area contributed by atoms with Gasteiger partial charge in [0.2, 0.25) is 0 Å². The Morgan fingerprint density at radius 1 is 1.06 bits per heavy atom. The second-order valence-electron chi connectivity index (χ2n) is 9.47. The van der Waals surface area contributed by atoms with Crippen molar-refractivity contribution in [2.45, 2.75) is 44.2 Å². The molecule has 4 aromatic rings. The van der Waals surface area contributed by atoms with Gasteiger partial charge in [0, 0.05) is 43.0 Å². The second kappa shape index (κ2) is 9.06. The monoisotopic (exact) mass is 453 g/mol. The zero-order valence-corrected chi connectivity index (χ0v) is 19.6. The molecule has 7 heteroatoms. The molecule has 0 bridgehead atoms. The number of nitrogens with zero attached hydrogens (tertiary/aromatic N) is 5. The number of hydrogen-bond donors (Lipinski definition) is 2. The summed E-state index contributed by atoms with van der Waals surface area (Å²) in [5, 5.41) is 11.8. The molecule has 34 heavy (non-hydrogen) atoms. The maximum atomic E-state index is 5.09. The van der Waals surface area contributed by atoms with Crippen molar-refractivity contribution in [1.82, 2.24) is 24.9 Å². The summed E-state index contributed by atoms with van der Waals surface area (Å²) < 4.78 is 1.98. The van der Waals surface area contributed by atoms with Crippen LogP contribution in [-0.2, 0) is 6.54 Å². The number of fused-ring (bicyclic) bond motifs is 1. The summed E-state index contributed by atoms with van der Waals surface area (Å²) in [6.45, 7) is 2.85. The molecule has 4 heterocycles. The van der Waals surface area contributed by atoms with E-state index in [-0.39, 0.29) is 0 Å². The molecule has 7 nitrogen and oxygen atoms in total. The van der Waals surface area contributed by atoms with Gasteiger partial charge in [-0.3, -0.25) is 4.98 Å². The van der Waals surface area contributed by atoms with Crippen LogP contribution in [0, 0.1) is 0 Å². The van der Waals surface area contributed by atoms with E-state index in [0.29, 0.717) is 12.0 Å². The number of benzene rings is 1. The smallest absolute Gasteiger partial charge is 0.163 e. The highest BCUT2D eigenvalue weighted by Crippen LogP contribution is 2.42. The van der Waals surface area contributed by atoms with E-state index in [9.17, 15) is 0 Å². The van der Waals surface area contributed by atoms with Crippen molar-refractivity contribution in [3.63, 3.8) is 0 Å². The molecule has 6 rings (SSSR count). The molecule has 0 radical (unpaired) electrons. The quantitative estimate of drug-likeness (QED) is 0.430. The molecular formula is C27H31N7. The summed E-state index contributed by atoms with van der Waals surface area (Å²) in [7, 11) is 2.18. The molecule has 0 spiro atoms. The Morgan fingerprint density at radius 3 is 2.62 bits per heavy atom. The summed E-state index contributed by atoms with van der Waals surface area (Å²) in [6, 6.07) is 17.3. The van der Waals surface area contributed by atoms with Crippen molar-refractivity contribution in [2.75, 3.05) is 30.4 Å². The zero-order valence-electron chi connectivity index (χ0n) is 19.6. The van der Waals surface area contributed by atoms with E-state index >= 15 is 0 Å². The molecule has 0 unspecified atom stereocenters. The van der Waals surface area contributed by atoms with Crippen LogP contribution in [0.1, 0.15) is 42.7 Å². The fourth-order valence-corrected chi connectivity index (χ4v) is 4.86. The predicted molar refractivity (Wildman–Crippen MR) is 136 cm³/mol. The lowest BCUT2D eigenvalue weighted by atomic mass is 10.1. The molecule has 2 fully saturated rings. The minimum Gasteiger partial charge on any atom is -0.366 e.